The van der Waals surface area contributed by atoms with Crippen LogP contribution in [0.15, 0.2) is 71.7 Å². The number of benzene rings is 2. The Morgan fingerprint density at radius 3 is 2.35 bits per heavy atom. The van der Waals surface area contributed by atoms with Crippen LogP contribution in [0, 0.1) is 12.7 Å². The largest absolute Gasteiger partial charge is 0.507 e. The van der Waals surface area contributed by atoms with Crippen LogP contribution in [0.4, 0.5) is 4.39 Å². The van der Waals surface area contributed by atoms with Gasteiger partial charge in [0.1, 0.15) is 11.6 Å². The molecular formula is C24H20FNO5. The lowest BCUT2D eigenvalue weighted by atomic mass is 10.0. The monoisotopic (exact) mass is 421 g/mol. The Morgan fingerprint density at radius 2 is 1.71 bits per heavy atom. The highest BCUT2D eigenvalue weighted by Crippen LogP contribution is 2.17. The van der Waals surface area contributed by atoms with Crippen LogP contribution in [0.3, 0.4) is 0 Å². The number of aliphatic hydroxyl groups is 1. The van der Waals surface area contributed by atoms with Gasteiger partial charge < -0.3 is 14.8 Å². The van der Waals surface area contributed by atoms with Crippen LogP contribution in [-0.2, 0) is 22.6 Å². The molecule has 0 saturated carbocycles. The first-order chi connectivity index (χ1) is 14.7. The lowest BCUT2D eigenvalue weighted by Crippen LogP contribution is -2.25. The number of aliphatic carboxylic acids is 1. The summed E-state index contributed by atoms with van der Waals surface area (Å²) in [7, 11) is 0. The average molecular weight is 421 g/mol. The van der Waals surface area contributed by atoms with Gasteiger partial charge in [0, 0.05) is 18.7 Å². The zero-order valence-corrected chi connectivity index (χ0v) is 16.7. The third-order valence-electron chi connectivity index (χ3n) is 4.72. The molecule has 0 unspecified atom stereocenters. The van der Waals surface area contributed by atoms with Crippen LogP contribution in [-0.4, -0.2) is 26.5 Å². The number of hydrogen-bond acceptors (Lipinski definition) is 4. The minimum absolute atomic E-state index is 0.133. The smallest absolute Gasteiger partial charge is 0.376 e. The summed E-state index contributed by atoms with van der Waals surface area (Å²) in [6.45, 7) is 2.11. The third-order valence-corrected chi connectivity index (χ3v) is 4.72. The molecule has 3 aromatic rings. The maximum atomic E-state index is 14.1. The Balaban J connectivity index is 2.09. The number of nitrogens with zero attached hydrogens (tertiary/aromatic N) is 1. The molecule has 0 spiro atoms. The van der Waals surface area contributed by atoms with E-state index in [4.69, 9.17) is 5.11 Å². The third kappa shape index (κ3) is 5.33. The molecule has 3 rings (SSSR count). The van der Waals surface area contributed by atoms with Crippen molar-refractivity contribution in [2.45, 2.75) is 19.9 Å². The van der Waals surface area contributed by atoms with Crippen LogP contribution >= 0.6 is 0 Å². The first-order valence-corrected chi connectivity index (χ1v) is 9.45. The van der Waals surface area contributed by atoms with E-state index in [1.165, 1.54) is 16.7 Å². The number of aliphatic hydroxyl groups excluding tert-OH is 1. The molecule has 1 aromatic heterocycles. The van der Waals surface area contributed by atoms with Crippen molar-refractivity contribution in [1.82, 2.24) is 4.57 Å². The predicted molar refractivity (Wildman–Crippen MR) is 113 cm³/mol. The van der Waals surface area contributed by atoms with Gasteiger partial charge in [0.25, 0.3) is 11.3 Å². The highest BCUT2D eigenvalue weighted by Gasteiger charge is 2.16. The zero-order valence-electron chi connectivity index (χ0n) is 16.7. The van der Waals surface area contributed by atoms with Gasteiger partial charge in [0.2, 0.25) is 0 Å². The Kier molecular flexibility index (Phi) is 6.45. The summed E-state index contributed by atoms with van der Waals surface area (Å²) >= 11 is 0. The fourth-order valence-electron chi connectivity index (χ4n) is 3.11. The molecule has 0 aliphatic heterocycles. The number of carboxylic acids is 1. The van der Waals surface area contributed by atoms with E-state index in [0.717, 1.165) is 11.1 Å². The minimum atomic E-state index is -1.76. The van der Waals surface area contributed by atoms with Crippen LogP contribution in [0.1, 0.15) is 27.8 Å². The number of rotatable bonds is 7. The fraction of sp³-hybridized carbons (Fsp3) is 0.125. The van der Waals surface area contributed by atoms with Crippen molar-refractivity contribution in [3.63, 3.8) is 0 Å². The van der Waals surface area contributed by atoms with E-state index in [2.05, 4.69) is 0 Å². The number of pyridine rings is 1. The zero-order chi connectivity index (χ0) is 22.5. The molecule has 2 N–H and O–H groups in total. The van der Waals surface area contributed by atoms with Gasteiger partial charge in [-0.05, 0) is 35.7 Å². The van der Waals surface area contributed by atoms with E-state index in [9.17, 15) is 23.9 Å². The molecule has 0 saturated heterocycles. The van der Waals surface area contributed by atoms with Gasteiger partial charge in [0.05, 0.1) is 12.1 Å². The number of carboxylic acid groups (broad SMARTS) is 1. The maximum Gasteiger partial charge on any atom is 0.376 e. The fourth-order valence-corrected chi connectivity index (χ4v) is 3.11. The summed E-state index contributed by atoms with van der Waals surface area (Å²) in [5.74, 6) is -4.29. The van der Waals surface area contributed by atoms with Gasteiger partial charge in [-0.3, -0.25) is 9.59 Å². The van der Waals surface area contributed by atoms with E-state index in [-0.39, 0.29) is 18.5 Å². The SMILES string of the molecule is Cc1ccc(Cn2cc(Cc3ccccc3F)cc(C(O)=CC(=O)C(=O)O)c2=O)cc1. The Hall–Kier alpha value is -4.00. The van der Waals surface area contributed by atoms with Gasteiger partial charge in [0.15, 0.2) is 0 Å². The summed E-state index contributed by atoms with van der Waals surface area (Å²) in [6.07, 6.45) is 2.18. The van der Waals surface area contributed by atoms with Crippen LogP contribution in [0.2, 0.25) is 0 Å². The molecule has 1 heterocycles. The Morgan fingerprint density at radius 1 is 1.03 bits per heavy atom. The Bertz CT molecular complexity index is 1230. The standard InChI is InChI=1S/C24H20FNO5/c1-15-6-8-16(9-7-15)13-26-14-17(10-18-4-2-3-5-20(18)25)11-19(23(26)29)21(27)12-22(28)24(30)31/h2-9,11-12,14,27H,10,13H2,1H3,(H,30,31). The molecule has 0 atom stereocenters. The van der Waals surface area contributed by atoms with Gasteiger partial charge in [-0.25, -0.2) is 9.18 Å². The molecule has 2 aromatic carbocycles. The second kappa shape index (κ2) is 9.21. The molecule has 6 nitrogen and oxygen atoms in total. The highest BCUT2D eigenvalue weighted by atomic mass is 19.1. The average Bonchev–Trinajstić information content (AvgIpc) is 2.73. The molecule has 0 radical (unpaired) electrons. The van der Waals surface area contributed by atoms with E-state index in [0.29, 0.717) is 17.2 Å². The van der Waals surface area contributed by atoms with Crippen LogP contribution in [0.25, 0.3) is 5.76 Å². The summed E-state index contributed by atoms with van der Waals surface area (Å²) < 4.78 is 15.5. The van der Waals surface area contributed by atoms with Gasteiger partial charge in [-0.2, -0.15) is 0 Å². The first-order valence-electron chi connectivity index (χ1n) is 9.45. The normalized spacial score (nSPS) is 11.4. The van der Waals surface area contributed by atoms with Gasteiger partial charge in [-0.1, -0.05) is 48.0 Å². The van der Waals surface area contributed by atoms with Crippen molar-refractivity contribution in [1.29, 1.82) is 0 Å². The van der Waals surface area contributed by atoms with E-state index in [1.54, 1.807) is 24.4 Å². The van der Waals surface area contributed by atoms with Gasteiger partial charge in [-0.15, -0.1) is 0 Å². The molecule has 0 amide bonds. The molecule has 31 heavy (non-hydrogen) atoms. The number of ketones is 1. The minimum Gasteiger partial charge on any atom is -0.507 e. The summed E-state index contributed by atoms with van der Waals surface area (Å²) in [4.78, 5) is 35.2. The van der Waals surface area contributed by atoms with Crippen molar-refractivity contribution in [2.24, 2.45) is 0 Å². The molecule has 0 fully saturated rings. The lowest BCUT2D eigenvalue weighted by Gasteiger charge is -2.13. The van der Waals surface area contributed by atoms with Crippen LogP contribution < -0.4 is 5.56 Å². The number of hydrogen-bond donors (Lipinski definition) is 2. The molecule has 0 aliphatic rings. The van der Waals surface area contributed by atoms with Crippen molar-refractivity contribution < 1.29 is 24.2 Å². The first kappa shape index (κ1) is 21.7. The number of carbonyl (C=O) groups is 2. The lowest BCUT2D eigenvalue weighted by molar-refractivity contribution is -0.146. The quantitative estimate of drug-likeness (QED) is 0.346. The summed E-state index contributed by atoms with van der Waals surface area (Å²) in [5.41, 5.74) is 1.93. The van der Waals surface area contributed by atoms with Crippen molar-refractivity contribution in [3.8, 4) is 0 Å². The number of aromatic nitrogens is 1. The summed E-state index contributed by atoms with van der Waals surface area (Å²) in [5, 5.41) is 19.1. The number of carbonyl (C=O) groups excluding carboxylic acids is 1. The molecule has 0 aliphatic carbocycles. The van der Waals surface area contributed by atoms with E-state index < -0.39 is 28.9 Å². The van der Waals surface area contributed by atoms with E-state index in [1.807, 2.05) is 31.2 Å². The van der Waals surface area contributed by atoms with Crippen molar-refractivity contribution >= 4 is 17.5 Å². The maximum absolute atomic E-state index is 14.1. The summed E-state index contributed by atoms with van der Waals surface area (Å²) in [6, 6.07) is 15.0. The highest BCUT2D eigenvalue weighted by molar-refractivity contribution is 6.38. The second-order valence-corrected chi connectivity index (χ2v) is 7.15. The van der Waals surface area contributed by atoms with E-state index >= 15 is 0 Å². The molecule has 7 heteroatoms. The topological polar surface area (TPSA) is 96.6 Å². The second-order valence-electron chi connectivity index (χ2n) is 7.15. The Labute approximate surface area is 177 Å². The van der Waals surface area contributed by atoms with Crippen molar-refractivity contribution in [3.05, 3.63) is 111 Å². The number of halogens is 1. The van der Waals surface area contributed by atoms with Crippen molar-refractivity contribution in [2.75, 3.05) is 0 Å². The van der Waals surface area contributed by atoms with Gasteiger partial charge >= 0.3 is 5.97 Å². The molecule has 158 valence electrons. The molecule has 0 bridgehead atoms. The molecular weight excluding hydrogens is 401 g/mol. The number of aryl methyl sites for hydroxylation is 1. The van der Waals surface area contributed by atoms with Crippen LogP contribution in [0.5, 0.6) is 0 Å². The predicted octanol–water partition coefficient (Wildman–Crippen LogP) is 3.49.